The number of methoxy groups -OCH3 is 1. The van der Waals surface area contributed by atoms with Crippen LogP contribution in [-0.4, -0.2) is 22.7 Å². The van der Waals surface area contributed by atoms with Crippen LogP contribution in [0.25, 0.3) is 5.69 Å². The predicted molar refractivity (Wildman–Crippen MR) is 121 cm³/mol. The normalized spacial score (nSPS) is 10.5. The number of carbonyl (C=O) groups excluding carboxylic acids is 1. The number of nitrogens with two attached hydrogens (primary N) is 1. The fourth-order valence-electron chi connectivity index (χ4n) is 3.20. The second kappa shape index (κ2) is 8.34. The zero-order valence-corrected chi connectivity index (χ0v) is 17.7. The molecule has 0 aliphatic heterocycles. The van der Waals surface area contributed by atoms with Gasteiger partial charge in [0.1, 0.15) is 27.3 Å². The van der Waals surface area contributed by atoms with Gasteiger partial charge in [-0.05, 0) is 43.3 Å². The number of aromatic nitrogens is 2. The molecular formula is C23H19N5O2S. The Kier molecular flexibility index (Phi) is 5.43. The summed E-state index contributed by atoms with van der Waals surface area (Å²) in [5.41, 5.74) is 9.37. The predicted octanol–water partition coefficient (Wildman–Crippen LogP) is 4.68. The maximum absolute atomic E-state index is 13.3. The summed E-state index contributed by atoms with van der Waals surface area (Å²) in [5.74, 6) is 0.458. The number of nitrogen functional groups attached to an aromatic ring is 1. The van der Waals surface area contributed by atoms with E-state index in [0.717, 1.165) is 28.5 Å². The number of carbonyl (C=O) groups is 1. The molecule has 2 aromatic carbocycles. The van der Waals surface area contributed by atoms with E-state index < -0.39 is 0 Å². The van der Waals surface area contributed by atoms with Crippen LogP contribution >= 0.6 is 11.3 Å². The van der Waals surface area contributed by atoms with Crippen molar-refractivity contribution in [2.75, 3.05) is 18.2 Å². The number of ether oxygens (including phenoxy) is 1. The Morgan fingerprint density at radius 1 is 1.19 bits per heavy atom. The molecule has 0 bridgehead atoms. The van der Waals surface area contributed by atoms with Gasteiger partial charge in [0.05, 0.1) is 35.9 Å². The van der Waals surface area contributed by atoms with Crippen molar-refractivity contribution in [3.05, 3.63) is 82.5 Å². The minimum atomic E-state index is -0.263. The molecule has 0 fully saturated rings. The molecule has 0 aliphatic rings. The SMILES string of the molecule is COc1ccc(Nc2sc(C(=O)c3cnn(-c4ccccc4)c3C)c(N)c2C#N)cc1. The molecule has 0 saturated carbocycles. The summed E-state index contributed by atoms with van der Waals surface area (Å²) in [6, 6.07) is 18.9. The van der Waals surface area contributed by atoms with Crippen molar-refractivity contribution in [1.82, 2.24) is 9.78 Å². The van der Waals surface area contributed by atoms with E-state index in [4.69, 9.17) is 10.5 Å². The molecule has 0 atom stereocenters. The average molecular weight is 430 g/mol. The molecule has 0 amide bonds. The van der Waals surface area contributed by atoms with Gasteiger partial charge >= 0.3 is 0 Å². The van der Waals surface area contributed by atoms with Crippen LogP contribution in [0.5, 0.6) is 5.75 Å². The molecule has 154 valence electrons. The Morgan fingerprint density at radius 3 is 2.55 bits per heavy atom. The van der Waals surface area contributed by atoms with E-state index in [1.54, 1.807) is 23.9 Å². The number of para-hydroxylation sites is 1. The summed E-state index contributed by atoms with van der Waals surface area (Å²) in [5, 5.41) is 17.7. The van der Waals surface area contributed by atoms with Gasteiger partial charge in [0, 0.05) is 5.69 Å². The number of ketones is 1. The van der Waals surface area contributed by atoms with E-state index in [-0.39, 0.29) is 17.0 Å². The molecule has 7 nitrogen and oxygen atoms in total. The first kappa shape index (κ1) is 20.2. The molecule has 4 aromatic rings. The number of benzene rings is 2. The zero-order valence-electron chi connectivity index (χ0n) is 16.9. The van der Waals surface area contributed by atoms with Crippen molar-refractivity contribution in [2.45, 2.75) is 6.92 Å². The Hall–Kier alpha value is -4.09. The van der Waals surface area contributed by atoms with Gasteiger partial charge in [-0.15, -0.1) is 11.3 Å². The summed E-state index contributed by atoms with van der Waals surface area (Å²) in [4.78, 5) is 13.6. The molecule has 3 N–H and O–H groups in total. The van der Waals surface area contributed by atoms with Crippen molar-refractivity contribution in [1.29, 1.82) is 5.26 Å². The maximum atomic E-state index is 13.3. The lowest BCUT2D eigenvalue weighted by Crippen LogP contribution is -2.05. The molecule has 0 aliphatic carbocycles. The number of thiophene rings is 1. The third-order valence-electron chi connectivity index (χ3n) is 4.87. The number of nitrogens with one attached hydrogen (secondary N) is 1. The van der Waals surface area contributed by atoms with Crippen molar-refractivity contribution in [2.24, 2.45) is 0 Å². The summed E-state index contributed by atoms with van der Waals surface area (Å²) < 4.78 is 6.87. The topological polar surface area (TPSA) is 106 Å². The minimum Gasteiger partial charge on any atom is -0.497 e. The molecule has 8 heteroatoms. The lowest BCUT2D eigenvalue weighted by Gasteiger charge is -2.05. The summed E-state index contributed by atoms with van der Waals surface area (Å²) in [7, 11) is 1.59. The maximum Gasteiger partial charge on any atom is 0.208 e. The van der Waals surface area contributed by atoms with Gasteiger partial charge in [0.15, 0.2) is 0 Å². The minimum absolute atomic E-state index is 0.167. The quantitative estimate of drug-likeness (QED) is 0.431. The number of hydrogen-bond acceptors (Lipinski definition) is 7. The summed E-state index contributed by atoms with van der Waals surface area (Å²) in [6.07, 6.45) is 1.53. The number of hydrogen-bond donors (Lipinski definition) is 2. The first-order valence-corrected chi connectivity index (χ1v) is 10.2. The largest absolute Gasteiger partial charge is 0.497 e. The zero-order chi connectivity index (χ0) is 22.0. The number of rotatable bonds is 6. The lowest BCUT2D eigenvalue weighted by atomic mass is 10.1. The molecule has 4 rings (SSSR count). The molecule has 31 heavy (non-hydrogen) atoms. The van der Waals surface area contributed by atoms with Crippen molar-refractivity contribution >= 4 is 33.5 Å². The lowest BCUT2D eigenvalue weighted by molar-refractivity contribution is 0.104. The van der Waals surface area contributed by atoms with E-state index in [2.05, 4.69) is 16.5 Å². The Labute approximate surface area is 183 Å². The second-order valence-corrected chi connectivity index (χ2v) is 7.76. The Bertz CT molecular complexity index is 1280. The number of anilines is 3. The highest BCUT2D eigenvalue weighted by Crippen LogP contribution is 2.38. The second-order valence-electron chi connectivity index (χ2n) is 6.73. The van der Waals surface area contributed by atoms with Crippen molar-refractivity contribution < 1.29 is 9.53 Å². The van der Waals surface area contributed by atoms with Gasteiger partial charge in [0.25, 0.3) is 0 Å². The van der Waals surface area contributed by atoms with E-state index >= 15 is 0 Å². The van der Waals surface area contributed by atoms with E-state index in [0.29, 0.717) is 21.1 Å². The van der Waals surface area contributed by atoms with E-state index in [1.165, 1.54) is 6.20 Å². The van der Waals surface area contributed by atoms with Crippen molar-refractivity contribution in [3.8, 4) is 17.5 Å². The van der Waals surface area contributed by atoms with Crippen LogP contribution in [0.2, 0.25) is 0 Å². The molecule has 0 unspecified atom stereocenters. The first-order chi connectivity index (χ1) is 15.0. The Morgan fingerprint density at radius 2 is 1.90 bits per heavy atom. The standard InChI is InChI=1S/C23H19N5O2S/c1-14-19(13-26-28(14)16-6-4-3-5-7-16)21(29)22-20(25)18(12-24)23(31-22)27-15-8-10-17(30-2)11-9-15/h3-11,13,27H,25H2,1-2H3. The van der Waals surface area contributed by atoms with Crippen LogP contribution in [0.15, 0.2) is 60.8 Å². The molecular weight excluding hydrogens is 410 g/mol. The number of nitrogens with zero attached hydrogens (tertiary/aromatic N) is 3. The van der Waals surface area contributed by atoms with Gasteiger partial charge in [-0.2, -0.15) is 10.4 Å². The first-order valence-electron chi connectivity index (χ1n) is 9.41. The van der Waals surface area contributed by atoms with Gasteiger partial charge < -0.3 is 15.8 Å². The fourth-order valence-corrected chi connectivity index (χ4v) is 4.25. The van der Waals surface area contributed by atoms with Crippen molar-refractivity contribution in [3.63, 3.8) is 0 Å². The van der Waals surface area contributed by atoms with Crippen LogP contribution in [-0.2, 0) is 0 Å². The summed E-state index contributed by atoms with van der Waals surface area (Å²) in [6.45, 7) is 1.83. The highest BCUT2D eigenvalue weighted by atomic mass is 32.1. The Balaban J connectivity index is 1.68. The molecule has 0 spiro atoms. The van der Waals surface area contributed by atoms with Gasteiger partial charge in [-0.3, -0.25) is 4.79 Å². The van der Waals surface area contributed by atoms with Crippen LogP contribution in [0, 0.1) is 18.3 Å². The monoisotopic (exact) mass is 429 g/mol. The third kappa shape index (κ3) is 3.74. The third-order valence-corrected chi connectivity index (χ3v) is 5.99. The van der Waals surface area contributed by atoms with Crippen LogP contribution in [0.3, 0.4) is 0 Å². The smallest absolute Gasteiger partial charge is 0.208 e. The highest BCUT2D eigenvalue weighted by molar-refractivity contribution is 7.19. The highest BCUT2D eigenvalue weighted by Gasteiger charge is 2.25. The molecule has 2 aromatic heterocycles. The summed E-state index contributed by atoms with van der Waals surface area (Å²) >= 11 is 1.16. The molecule has 0 saturated heterocycles. The molecule has 2 heterocycles. The van der Waals surface area contributed by atoms with Gasteiger partial charge in [-0.25, -0.2) is 4.68 Å². The molecule has 0 radical (unpaired) electrons. The van der Waals surface area contributed by atoms with Crippen LogP contribution in [0.4, 0.5) is 16.4 Å². The van der Waals surface area contributed by atoms with Gasteiger partial charge in [0.2, 0.25) is 5.78 Å². The van der Waals surface area contributed by atoms with E-state index in [1.807, 2.05) is 49.4 Å². The van der Waals surface area contributed by atoms with Crippen LogP contribution < -0.4 is 15.8 Å². The average Bonchev–Trinajstić information content (AvgIpc) is 3.33. The van der Waals surface area contributed by atoms with E-state index in [9.17, 15) is 10.1 Å². The van der Waals surface area contributed by atoms with Crippen LogP contribution in [0.1, 0.15) is 26.5 Å². The fraction of sp³-hybridized carbons (Fsp3) is 0.0870. The number of nitriles is 1. The van der Waals surface area contributed by atoms with Gasteiger partial charge in [-0.1, -0.05) is 18.2 Å².